The van der Waals surface area contributed by atoms with E-state index in [1.54, 1.807) is 0 Å². The number of hydrogen-bond donors (Lipinski definition) is 1. The van der Waals surface area contributed by atoms with Crippen LogP contribution in [0.2, 0.25) is 0 Å². The zero-order chi connectivity index (χ0) is 22.3. The number of carboxylic acids is 1. The molecule has 1 N–H and O–H groups in total. The zero-order valence-corrected chi connectivity index (χ0v) is 21.4. The first-order valence-electron chi connectivity index (χ1n) is 10.7. The molecule has 0 radical (unpaired) electrons. The smallest absolute Gasteiger partial charge is 0.550 e. The Kier molecular flexibility index (Phi) is 9.39. The molecule has 0 bridgehead atoms. The Morgan fingerprint density at radius 2 is 1.39 bits per heavy atom. The number of rotatable bonds is 9. The van der Waals surface area contributed by atoms with Gasteiger partial charge in [0.2, 0.25) is 5.91 Å². The Bertz CT molecular complexity index is 1260. The predicted molar refractivity (Wildman–Crippen MR) is 128 cm³/mol. The second-order valence-corrected chi connectivity index (χ2v) is 8.73. The summed E-state index contributed by atoms with van der Waals surface area (Å²) in [7, 11) is 0. The van der Waals surface area contributed by atoms with Crippen molar-refractivity contribution in [3.8, 4) is 0 Å². The van der Waals surface area contributed by atoms with Crippen LogP contribution in [-0.4, -0.2) is 11.9 Å². The van der Waals surface area contributed by atoms with Crippen LogP contribution >= 0.6 is 11.9 Å². The average molecular weight is 466 g/mol. The number of amides is 1. The van der Waals surface area contributed by atoms with E-state index in [-0.39, 0.29) is 47.8 Å². The van der Waals surface area contributed by atoms with Crippen LogP contribution < -0.4 is 39.4 Å². The number of benzene rings is 4. The van der Waals surface area contributed by atoms with Gasteiger partial charge in [-0.2, -0.15) is 0 Å². The molecule has 0 aliphatic rings. The van der Waals surface area contributed by atoms with E-state index >= 15 is 0 Å². The van der Waals surface area contributed by atoms with Crippen LogP contribution in [0.3, 0.4) is 0 Å². The van der Waals surface area contributed by atoms with Crippen LogP contribution in [0.25, 0.3) is 21.5 Å². The Morgan fingerprint density at radius 3 is 2.06 bits per heavy atom. The number of hydrogen-bond acceptors (Lipinski definition) is 4. The molecule has 33 heavy (non-hydrogen) atoms. The molecule has 4 rings (SSSR count). The molecule has 0 spiro atoms. The van der Waals surface area contributed by atoms with Crippen molar-refractivity contribution < 1.29 is 44.3 Å². The Balaban J connectivity index is 0.00000306. The summed E-state index contributed by atoms with van der Waals surface area (Å²) >= 11 is 1.31. The van der Waals surface area contributed by atoms with Crippen LogP contribution in [-0.2, 0) is 9.59 Å². The van der Waals surface area contributed by atoms with Gasteiger partial charge in [-0.25, -0.2) is 0 Å². The van der Waals surface area contributed by atoms with Gasteiger partial charge >= 0.3 is 29.6 Å². The van der Waals surface area contributed by atoms with Gasteiger partial charge in [-0.1, -0.05) is 79.2 Å². The molecule has 0 saturated heterocycles. The molecule has 0 aliphatic heterocycles. The molecule has 4 nitrogen and oxygen atoms in total. The van der Waals surface area contributed by atoms with Crippen molar-refractivity contribution in [2.45, 2.75) is 36.5 Å². The molecule has 1 amide bonds. The van der Waals surface area contributed by atoms with E-state index in [1.807, 2.05) is 60.7 Å². The molecule has 0 saturated carbocycles. The molecular weight excluding hydrogens is 441 g/mol. The molecule has 0 aliphatic carbocycles. The molecule has 0 fully saturated rings. The van der Waals surface area contributed by atoms with Crippen molar-refractivity contribution in [2.24, 2.45) is 0 Å². The summed E-state index contributed by atoms with van der Waals surface area (Å²) in [5, 5.41) is 15.2. The molecule has 162 valence electrons. The van der Waals surface area contributed by atoms with Crippen LogP contribution in [0.1, 0.15) is 37.2 Å². The number of carbonyl (C=O) groups excluding carboxylic acids is 2. The van der Waals surface area contributed by atoms with E-state index in [0.29, 0.717) is 19.3 Å². The molecule has 0 aromatic heterocycles. The van der Waals surface area contributed by atoms with E-state index in [4.69, 9.17) is 0 Å². The monoisotopic (exact) mass is 465 g/mol. The average Bonchev–Trinajstić information content (AvgIpc) is 2.82. The molecule has 4 aromatic carbocycles. The fraction of sp³-hybridized carbons (Fsp3) is 0.185. The van der Waals surface area contributed by atoms with Gasteiger partial charge in [0.05, 0.1) is 5.92 Å². The maximum Gasteiger partial charge on any atom is 1.00 e. The minimum Gasteiger partial charge on any atom is -0.550 e. The number of unbranched alkanes of at least 4 members (excludes halogenated alkanes) is 1. The molecule has 4 aromatic rings. The van der Waals surface area contributed by atoms with Crippen molar-refractivity contribution in [2.75, 3.05) is 0 Å². The van der Waals surface area contributed by atoms with Crippen LogP contribution in [0.4, 0.5) is 0 Å². The van der Waals surface area contributed by atoms with Crippen molar-refractivity contribution in [1.29, 1.82) is 0 Å². The van der Waals surface area contributed by atoms with E-state index in [1.165, 1.54) is 11.9 Å². The van der Waals surface area contributed by atoms with E-state index < -0.39 is 5.97 Å². The van der Waals surface area contributed by atoms with Gasteiger partial charge in [0.25, 0.3) is 0 Å². The van der Waals surface area contributed by atoms with E-state index in [0.717, 1.165) is 32.0 Å². The van der Waals surface area contributed by atoms with Crippen molar-refractivity contribution in [3.05, 3.63) is 90.5 Å². The summed E-state index contributed by atoms with van der Waals surface area (Å²) in [5.74, 6) is -1.48. The molecule has 1 atom stereocenters. The quantitative estimate of drug-likeness (QED) is 0.234. The van der Waals surface area contributed by atoms with Gasteiger partial charge < -0.3 is 9.90 Å². The first-order valence-corrected chi connectivity index (χ1v) is 11.6. The maximum absolute atomic E-state index is 13.2. The standard InChI is InChI=1S/C27H25NO3S.Na/c29-26(30)12-6-5-11-25(23-14-13-19-7-1-3-9-21(19)17-23)27(31)28-32-24-16-15-20-8-2-4-10-22(20)18-24;/h1-4,7-10,13-18,25H,5-6,11-12H2,(H,28,31)(H,29,30);/q;+1/p-1. The number of fused-ring (bicyclic) bond motifs is 2. The summed E-state index contributed by atoms with van der Waals surface area (Å²) in [4.78, 5) is 24.9. The summed E-state index contributed by atoms with van der Waals surface area (Å²) < 4.78 is 3.01. The first kappa shape index (κ1) is 25.3. The number of nitrogens with one attached hydrogen (secondary N) is 1. The van der Waals surface area contributed by atoms with Gasteiger partial charge in [0.15, 0.2) is 0 Å². The van der Waals surface area contributed by atoms with Crippen LogP contribution in [0.15, 0.2) is 89.8 Å². The summed E-state index contributed by atoms with van der Waals surface area (Å²) in [6.07, 6.45) is 1.73. The van der Waals surface area contributed by atoms with Crippen molar-refractivity contribution in [3.63, 3.8) is 0 Å². The SMILES string of the molecule is O=C([O-])CCCCC(C(=O)NSc1ccc2ccccc2c1)c1ccc2ccccc2c1.[Na+]. The molecule has 0 heterocycles. The van der Waals surface area contributed by atoms with Gasteiger partial charge in [-0.05, 0) is 70.5 Å². The minimum atomic E-state index is -1.05. The molecule has 1 unspecified atom stereocenters. The number of carbonyl (C=O) groups is 2. The summed E-state index contributed by atoms with van der Waals surface area (Å²) in [6, 6.07) is 28.4. The maximum atomic E-state index is 13.2. The largest absolute Gasteiger partial charge is 1.00 e. The van der Waals surface area contributed by atoms with Gasteiger partial charge in [0, 0.05) is 10.9 Å². The van der Waals surface area contributed by atoms with Gasteiger partial charge in [0.1, 0.15) is 0 Å². The second-order valence-electron chi connectivity index (χ2n) is 7.85. The summed E-state index contributed by atoms with van der Waals surface area (Å²) in [6.45, 7) is 0. The molecular formula is C27H24NNaO3S. The van der Waals surface area contributed by atoms with Gasteiger partial charge in [-0.3, -0.25) is 9.52 Å². The third-order valence-corrected chi connectivity index (χ3v) is 6.40. The third kappa shape index (κ3) is 6.84. The minimum absolute atomic E-state index is 0. The number of aliphatic carboxylic acids is 1. The Labute approximate surface area is 220 Å². The molecule has 6 heteroatoms. The zero-order valence-electron chi connectivity index (χ0n) is 18.6. The van der Waals surface area contributed by atoms with E-state index in [9.17, 15) is 14.7 Å². The topological polar surface area (TPSA) is 69.2 Å². The Hall–Kier alpha value is -2.31. The normalized spacial score (nSPS) is 11.6. The van der Waals surface area contributed by atoms with Crippen molar-refractivity contribution >= 4 is 45.4 Å². The predicted octanol–water partition coefficient (Wildman–Crippen LogP) is 2.21. The second kappa shape index (κ2) is 12.2. The van der Waals surface area contributed by atoms with E-state index in [2.05, 4.69) is 29.0 Å². The van der Waals surface area contributed by atoms with Gasteiger partial charge in [-0.15, -0.1) is 0 Å². The van der Waals surface area contributed by atoms with Crippen molar-refractivity contribution in [1.82, 2.24) is 4.72 Å². The fourth-order valence-electron chi connectivity index (χ4n) is 3.90. The van der Waals surface area contributed by atoms with Crippen LogP contribution in [0, 0.1) is 0 Å². The third-order valence-electron chi connectivity index (χ3n) is 5.61. The number of carboxylic acid groups (broad SMARTS) is 1. The fourth-order valence-corrected chi connectivity index (χ4v) is 4.59. The van der Waals surface area contributed by atoms with Crippen LogP contribution in [0.5, 0.6) is 0 Å². The summed E-state index contributed by atoms with van der Waals surface area (Å²) in [5.41, 5.74) is 0.939. The Morgan fingerprint density at radius 1 is 0.788 bits per heavy atom. The first-order chi connectivity index (χ1) is 15.6.